The lowest BCUT2D eigenvalue weighted by molar-refractivity contribution is 0.0642. The molecule has 31 heavy (non-hydrogen) atoms. The first-order valence-corrected chi connectivity index (χ1v) is 10.8. The molecule has 4 rings (SSSR count). The fourth-order valence-corrected chi connectivity index (χ4v) is 4.27. The lowest BCUT2D eigenvalue weighted by Crippen LogP contribution is -2.32. The van der Waals surface area contributed by atoms with Crippen molar-refractivity contribution in [2.45, 2.75) is 32.6 Å². The molecule has 162 valence electrons. The number of nitrogens with one attached hydrogen (secondary N) is 2. The van der Waals surface area contributed by atoms with Gasteiger partial charge in [-0.05, 0) is 55.4 Å². The number of carbonyl (C=O) groups excluding carboxylic acids is 1. The first kappa shape index (κ1) is 21.1. The van der Waals surface area contributed by atoms with E-state index >= 15 is 0 Å². The number of rotatable bonds is 6. The Balaban J connectivity index is 1.67. The summed E-state index contributed by atoms with van der Waals surface area (Å²) >= 11 is 0. The smallest absolute Gasteiger partial charge is 0.255 e. The number of amides is 1. The number of aromatic amines is 1. The van der Waals surface area contributed by atoms with E-state index in [-0.39, 0.29) is 17.6 Å². The Morgan fingerprint density at radius 2 is 1.94 bits per heavy atom. The summed E-state index contributed by atoms with van der Waals surface area (Å²) in [6, 6.07) is 11.5. The summed E-state index contributed by atoms with van der Waals surface area (Å²) in [7, 11) is 0. The molecular weight excluding hydrogens is 390 g/mol. The number of aryl methyl sites for hydroxylation is 1. The maximum atomic E-state index is 12.9. The van der Waals surface area contributed by atoms with Crippen LogP contribution in [-0.4, -0.2) is 40.7 Å². The fraction of sp³-hybridized carbons (Fsp3) is 0.360. The highest BCUT2D eigenvalue weighted by molar-refractivity contribution is 5.97. The molecule has 3 aromatic rings. The molecule has 1 atom stereocenters. The predicted octanol–water partition coefficient (Wildman–Crippen LogP) is 4.07. The Morgan fingerprint density at radius 3 is 2.68 bits per heavy atom. The van der Waals surface area contributed by atoms with Gasteiger partial charge >= 0.3 is 0 Å². The maximum Gasteiger partial charge on any atom is 0.255 e. The van der Waals surface area contributed by atoms with E-state index in [9.17, 15) is 9.90 Å². The normalized spacial score (nSPS) is 15.5. The van der Waals surface area contributed by atoms with Crippen LogP contribution in [0.4, 0.5) is 0 Å². The predicted molar refractivity (Wildman–Crippen MR) is 119 cm³/mol. The molecule has 1 aliphatic rings. The number of benzene rings is 2. The fourth-order valence-electron chi connectivity index (χ4n) is 4.27. The average molecular weight is 420 g/mol. The van der Waals surface area contributed by atoms with E-state index in [0.29, 0.717) is 23.6 Å². The zero-order valence-corrected chi connectivity index (χ0v) is 18.0. The van der Waals surface area contributed by atoms with E-state index in [0.717, 1.165) is 42.9 Å². The molecule has 1 amide bonds. The number of carbonyl (C=O) groups is 1. The van der Waals surface area contributed by atoms with Crippen LogP contribution in [-0.2, 0) is 4.74 Å². The van der Waals surface area contributed by atoms with E-state index in [2.05, 4.69) is 41.3 Å². The molecule has 6 heteroatoms. The molecule has 2 heterocycles. The highest BCUT2D eigenvalue weighted by atomic mass is 16.5. The highest BCUT2D eigenvalue weighted by Gasteiger charge is 2.26. The summed E-state index contributed by atoms with van der Waals surface area (Å²) in [4.78, 5) is 20.3. The van der Waals surface area contributed by atoms with Crippen molar-refractivity contribution in [3.63, 3.8) is 0 Å². The average Bonchev–Trinajstić information content (AvgIpc) is 3.31. The number of phenols is 1. The molecule has 1 unspecified atom stereocenters. The second kappa shape index (κ2) is 9.35. The van der Waals surface area contributed by atoms with E-state index in [1.165, 1.54) is 5.56 Å². The molecule has 6 nitrogen and oxygen atoms in total. The minimum atomic E-state index is -0.259. The Morgan fingerprint density at radius 1 is 1.19 bits per heavy atom. The number of nitrogens with zero attached hydrogens (tertiary/aromatic N) is 1. The third-order valence-electron chi connectivity index (χ3n) is 6.30. The van der Waals surface area contributed by atoms with Gasteiger partial charge in [0.05, 0.1) is 17.8 Å². The van der Waals surface area contributed by atoms with Gasteiger partial charge in [0.1, 0.15) is 5.75 Å². The molecule has 1 aliphatic heterocycles. The monoisotopic (exact) mass is 419 g/mol. The molecule has 0 aliphatic carbocycles. The summed E-state index contributed by atoms with van der Waals surface area (Å²) in [6.45, 7) is 6.22. The lowest BCUT2D eigenvalue weighted by Gasteiger charge is -2.23. The van der Waals surface area contributed by atoms with Crippen LogP contribution in [0.1, 0.15) is 57.1 Å². The minimum absolute atomic E-state index is 0.00693. The summed E-state index contributed by atoms with van der Waals surface area (Å²) < 4.78 is 5.39. The Kier molecular flexibility index (Phi) is 6.37. The van der Waals surface area contributed by atoms with Gasteiger partial charge in [0.25, 0.3) is 5.91 Å². The molecule has 0 radical (unpaired) electrons. The van der Waals surface area contributed by atoms with Crippen LogP contribution in [0.25, 0.3) is 0 Å². The number of para-hydroxylation sites is 1. The van der Waals surface area contributed by atoms with Gasteiger partial charge in [-0.1, -0.05) is 30.3 Å². The topological polar surface area (TPSA) is 87.2 Å². The van der Waals surface area contributed by atoms with Gasteiger partial charge in [-0.3, -0.25) is 4.79 Å². The molecule has 1 fully saturated rings. The summed E-state index contributed by atoms with van der Waals surface area (Å²) in [5.41, 5.74) is 5.22. The zero-order valence-electron chi connectivity index (χ0n) is 18.0. The SMILES string of the molecule is Cc1cccc(C(c2cnc[nH]2)c2cccc(C(=O)NCC3CCOCC3)c2O)c1C. The summed E-state index contributed by atoms with van der Waals surface area (Å²) in [5, 5.41) is 14.2. The van der Waals surface area contributed by atoms with Gasteiger partial charge in [0.2, 0.25) is 0 Å². The van der Waals surface area contributed by atoms with Gasteiger partial charge in [0.15, 0.2) is 0 Å². The van der Waals surface area contributed by atoms with Crippen LogP contribution in [0, 0.1) is 19.8 Å². The number of H-pyrrole nitrogens is 1. The van der Waals surface area contributed by atoms with Crippen LogP contribution >= 0.6 is 0 Å². The van der Waals surface area contributed by atoms with Crippen molar-refractivity contribution in [3.8, 4) is 5.75 Å². The third-order valence-corrected chi connectivity index (χ3v) is 6.30. The first-order valence-electron chi connectivity index (χ1n) is 10.8. The first-order chi connectivity index (χ1) is 15.1. The van der Waals surface area contributed by atoms with Crippen molar-refractivity contribution in [2.75, 3.05) is 19.8 Å². The molecule has 3 N–H and O–H groups in total. The van der Waals surface area contributed by atoms with Crippen molar-refractivity contribution in [1.82, 2.24) is 15.3 Å². The third kappa shape index (κ3) is 4.49. The standard InChI is InChI=1S/C25H29N3O3/c1-16-5-3-6-19(17(16)2)23(22-14-26-15-28-22)20-7-4-8-21(24(20)29)25(30)27-13-18-9-11-31-12-10-18/h3-8,14-15,18,23,29H,9-13H2,1-2H3,(H,26,28)(H,27,30). The zero-order chi connectivity index (χ0) is 21.8. The number of aromatic hydroxyl groups is 1. The molecule has 1 aromatic heterocycles. The number of hydrogen-bond donors (Lipinski definition) is 3. The highest BCUT2D eigenvalue weighted by Crippen LogP contribution is 2.39. The van der Waals surface area contributed by atoms with Crippen molar-refractivity contribution < 1.29 is 14.6 Å². The van der Waals surface area contributed by atoms with E-state index in [4.69, 9.17) is 4.74 Å². The molecule has 0 spiro atoms. The van der Waals surface area contributed by atoms with Crippen molar-refractivity contribution in [3.05, 3.63) is 82.4 Å². The molecule has 1 saturated heterocycles. The molecule has 0 bridgehead atoms. The molecular formula is C25H29N3O3. The van der Waals surface area contributed by atoms with Gasteiger partial charge in [-0.25, -0.2) is 4.98 Å². The minimum Gasteiger partial charge on any atom is -0.507 e. The number of phenolic OH excluding ortho intramolecular Hbond substituents is 1. The maximum absolute atomic E-state index is 12.9. The van der Waals surface area contributed by atoms with Gasteiger partial charge < -0.3 is 20.1 Å². The van der Waals surface area contributed by atoms with E-state index in [1.54, 1.807) is 18.6 Å². The number of aromatic nitrogens is 2. The van der Waals surface area contributed by atoms with Gasteiger partial charge in [0, 0.05) is 37.2 Å². The van der Waals surface area contributed by atoms with Crippen LogP contribution in [0.2, 0.25) is 0 Å². The van der Waals surface area contributed by atoms with Crippen molar-refractivity contribution in [1.29, 1.82) is 0 Å². The number of hydrogen-bond acceptors (Lipinski definition) is 4. The molecule has 0 saturated carbocycles. The second-order valence-electron chi connectivity index (χ2n) is 8.24. The Labute approximate surface area is 182 Å². The summed E-state index contributed by atoms with van der Waals surface area (Å²) in [6.07, 6.45) is 5.29. The van der Waals surface area contributed by atoms with Gasteiger partial charge in [-0.15, -0.1) is 0 Å². The van der Waals surface area contributed by atoms with Crippen LogP contribution < -0.4 is 5.32 Å². The van der Waals surface area contributed by atoms with E-state index < -0.39 is 0 Å². The van der Waals surface area contributed by atoms with Crippen LogP contribution in [0.15, 0.2) is 48.9 Å². The summed E-state index contributed by atoms with van der Waals surface area (Å²) in [5.74, 6) is -0.0935. The van der Waals surface area contributed by atoms with Crippen molar-refractivity contribution in [2.24, 2.45) is 5.92 Å². The van der Waals surface area contributed by atoms with E-state index in [1.807, 2.05) is 18.2 Å². The van der Waals surface area contributed by atoms with Crippen LogP contribution in [0.5, 0.6) is 5.75 Å². The lowest BCUT2D eigenvalue weighted by atomic mass is 9.83. The van der Waals surface area contributed by atoms with Crippen molar-refractivity contribution >= 4 is 5.91 Å². The largest absolute Gasteiger partial charge is 0.507 e. The number of imidazole rings is 1. The number of ether oxygens (including phenoxy) is 1. The Hall–Kier alpha value is -3.12. The van der Waals surface area contributed by atoms with Gasteiger partial charge in [-0.2, -0.15) is 0 Å². The Bertz CT molecular complexity index is 1040. The second-order valence-corrected chi connectivity index (χ2v) is 8.24. The van der Waals surface area contributed by atoms with Crippen LogP contribution in [0.3, 0.4) is 0 Å². The quantitative estimate of drug-likeness (QED) is 0.562. The molecule has 2 aromatic carbocycles.